The first kappa shape index (κ1) is 25.3. The van der Waals surface area contributed by atoms with Crippen LogP contribution in [0.1, 0.15) is 45.6 Å². The maximum atomic E-state index is 12.8. The maximum absolute atomic E-state index is 12.8. The highest BCUT2D eigenvalue weighted by atomic mass is 35.5. The molecular weight excluding hydrogens is 458 g/mol. The van der Waals surface area contributed by atoms with Gasteiger partial charge in [0, 0.05) is 38.4 Å². The Balaban J connectivity index is 1.18. The molecule has 1 aliphatic rings. The minimum atomic E-state index is -0.144. The Morgan fingerprint density at radius 1 is 0.971 bits per heavy atom. The lowest BCUT2D eigenvalue weighted by Crippen LogP contribution is -2.46. The number of hydrogen-bond acceptors (Lipinski definition) is 4. The minimum absolute atomic E-state index is 0.144. The Morgan fingerprint density at radius 3 is 2.43 bits per heavy atom. The van der Waals surface area contributed by atoms with Gasteiger partial charge in [-0.05, 0) is 63.4 Å². The van der Waals surface area contributed by atoms with Gasteiger partial charge in [0.05, 0.1) is 17.8 Å². The average molecular weight is 494 g/mol. The summed E-state index contributed by atoms with van der Waals surface area (Å²) in [6.07, 6.45) is 2.00. The van der Waals surface area contributed by atoms with E-state index in [1.54, 1.807) is 4.68 Å². The van der Waals surface area contributed by atoms with Crippen molar-refractivity contribution in [2.24, 2.45) is 0 Å². The third-order valence-electron chi connectivity index (χ3n) is 6.67. The van der Waals surface area contributed by atoms with E-state index in [4.69, 9.17) is 11.6 Å². The number of anilines is 1. The van der Waals surface area contributed by atoms with Crippen LogP contribution in [0.3, 0.4) is 0 Å². The molecule has 0 unspecified atom stereocenters. The number of aryl methyl sites for hydroxylation is 3. The van der Waals surface area contributed by atoms with E-state index < -0.39 is 0 Å². The molecule has 1 aliphatic heterocycles. The van der Waals surface area contributed by atoms with Crippen LogP contribution in [-0.2, 0) is 6.54 Å². The molecule has 0 atom stereocenters. The van der Waals surface area contributed by atoms with Crippen LogP contribution < -0.4 is 10.2 Å². The second-order valence-electron chi connectivity index (χ2n) is 9.53. The van der Waals surface area contributed by atoms with E-state index in [1.165, 1.54) is 16.8 Å². The summed E-state index contributed by atoms with van der Waals surface area (Å²) in [4.78, 5) is 17.8. The van der Waals surface area contributed by atoms with Crippen LogP contribution in [0.2, 0.25) is 5.15 Å². The summed E-state index contributed by atoms with van der Waals surface area (Å²) < 4.78 is 1.70. The predicted octanol–water partition coefficient (Wildman–Crippen LogP) is 4.84. The zero-order chi connectivity index (χ0) is 24.8. The molecule has 0 saturated carbocycles. The molecule has 0 spiro atoms. The average Bonchev–Trinajstić information content (AvgIpc) is 3.13. The summed E-state index contributed by atoms with van der Waals surface area (Å²) >= 11 is 6.54. The van der Waals surface area contributed by atoms with E-state index >= 15 is 0 Å². The number of hydrogen-bond donors (Lipinski definition) is 1. The molecule has 4 rings (SSSR count). The van der Waals surface area contributed by atoms with Crippen molar-refractivity contribution in [3.05, 3.63) is 81.6 Å². The van der Waals surface area contributed by atoms with Crippen molar-refractivity contribution in [1.29, 1.82) is 0 Å². The Hall–Kier alpha value is -2.83. The lowest BCUT2D eigenvalue weighted by atomic mass is 10.1. The van der Waals surface area contributed by atoms with E-state index in [-0.39, 0.29) is 5.91 Å². The van der Waals surface area contributed by atoms with E-state index in [0.717, 1.165) is 51.1 Å². The highest BCUT2D eigenvalue weighted by Gasteiger charge is 2.20. The third-order valence-corrected chi connectivity index (χ3v) is 7.06. The summed E-state index contributed by atoms with van der Waals surface area (Å²) in [5, 5.41) is 7.93. The molecule has 0 aliphatic carbocycles. The largest absolute Gasteiger partial charge is 0.369 e. The van der Waals surface area contributed by atoms with Gasteiger partial charge in [0.15, 0.2) is 0 Å². The van der Waals surface area contributed by atoms with Crippen molar-refractivity contribution in [2.45, 2.75) is 40.2 Å². The number of unbranched alkanes of at least 4 members (excludes halogenated alkanes) is 1. The number of nitrogens with zero attached hydrogens (tertiary/aromatic N) is 4. The lowest BCUT2D eigenvalue weighted by molar-refractivity contribution is 0.0952. The fourth-order valence-electron chi connectivity index (χ4n) is 4.59. The molecule has 186 valence electrons. The Morgan fingerprint density at radius 2 is 1.71 bits per heavy atom. The minimum Gasteiger partial charge on any atom is -0.369 e. The van der Waals surface area contributed by atoms with Crippen LogP contribution in [0.15, 0.2) is 48.5 Å². The first-order valence-corrected chi connectivity index (χ1v) is 12.9. The second-order valence-corrected chi connectivity index (χ2v) is 9.88. The summed E-state index contributed by atoms with van der Waals surface area (Å²) in [5.74, 6) is -0.144. The molecule has 6 nitrogen and oxygen atoms in total. The van der Waals surface area contributed by atoms with Crippen molar-refractivity contribution < 1.29 is 4.79 Å². The van der Waals surface area contributed by atoms with Crippen molar-refractivity contribution in [3.8, 4) is 0 Å². The summed E-state index contributed by atoms with van der Waals surface area (Å²) in [5.41, 5.74) is 6.08. The number of benzene rings is 2. The summed E-state index contributed by atoms with van der Waals surface area (Å²) in [6.45, 7) is 12.6. The first-order valence-electron chi connectivity index (χ1n) is 12.5. The quantitative estimate of drug-likeness (QED) is 0.433. The Bertz CT molecular complexity index is 1130. The predicted molar refractivity (Wildman–Crippen MR) is 144 cm³/mol. The van der Waals surface area contributed by atoms with Crippen LogP contribution >= 0.6 is 11.6 Å². The van der Waals surface area contributed by atoms with Gasteiger partial charge in [0.25, 0.3) is 5.91 Å². The number of piperazine rings is 1. The molecular formula is C28H36ClN5O. The molecule has 1 saturated heterocycles. The Labute approximate surface area is 213 Å². The van der Waals surface area contributed by atoms with Crippen LogP contribution in [-0.4, -0.2) is 59.9 Å². The smallest absolute Gasteiger partial charge is 0.256 e. The van der Waals surface area contributed by atoms with Gasteiger partial charge in [-0.1, -0.05) is 53.6 Å². The number of halogens is 1. The number of aromatic nitrogens is 2. The van der Waals surface area contributed by atoms with Gasteiger partial charge in [0.2, 0.25) is 0 Å². The van der Waals surface area contributed by atoms with E-state index in [9.17, 15) is 4.79 Å². The second kappa shape index (κ2) is 11.7. The first-order chi connectivity index (χ1) is 16.9. The molecule has 0 bridgehead atoms. The molecule has 1 aromatic heterocycles. The Kier molecular flexibility index (Phi) is 8.47. The van der Waals surface area contributed by atoms with Crippen molar-refractivity contribution in [3.63, 3.8) is 0 Å². The lowest BCUT2D eigenvalue weighted by Gasteiger charge is -2.36. The van der Waals surface area contributed by atoms with E-state index in [1.807, 2.05) is 6.92 Å². The fraction of sp³-hybridized carbons (Fsp3) is 0.429. The van der Waals surface area contributed by atoms with Gasteiger partial charge in [0.1, 0.15) is 5.15 Å². The number of amides is 1. The summed E-state index contributed by atoms with van der Waals surface area (Å²) in [7, 11) is 0. The van der Waals surface area contributed by atoms with E-state index in [0.29, 0.717) is 29.5 Å². The standard InChI is InChI=1S/C28H36ClN5O/c1-21-9-11-24(12-10-21)20-34-27(29)26(23(3)31-34)28(35)30-13-4-5-14-32-15-17-33(18-16-32)25-8-6-7-22(2)19-25/h6-12,19H,4-5,13-18,20H2,1-3H3,(H,30,35). The SMILES string of the molecule is Cc1ccc(Cn2nc(C)c(C(=O)NCCCCN3CCN(c4cccc(C)c4)CC3)c2Cl)cc1. The molecule has 0 radical (unpaired) electrons. The molecule has 2 aromatic carbocycles. The van der Waals surface area contributed by atoms with Crippen molar-refractivity contribution in [2.75, 3.05) is 44.2 Å². The normalized spacial score (nSPS) is 14.3. The van der Waals surface area contributed by atoms with Crippen LogP contribution in [0.5, 0.6) is 0 Å². The highest BCUT2D eigenvalue weighted by molar-refractivity contribution is 6.33. The number of carbonyl (C=O) groups is 1. The molecule has 1 fully saturated rings. The van der Waals surface area contributed by atoms with Gasteiger partial charge in [-0.15, -0.1) is 0 Å². The number of rotatable bonds is 9. The number of nitrogens with one attached hydrogen (secondary N) is 1. The van der Waals surface area contributed by atoms with Crippen molar-refractivity contribution >= 4 is 23.2 Å². The van der Waals surface area contributed by atoms with Crippen LogP contribution in [0.4, 0.5) is 5.69 Å². The van der Waals surface area contributed by atoms with Gasteiger partial charge in [-0.2, -0.15) is 5.10 Å². The zero-order valence-corrected chi connectivity index (χ0v) is 21.8. The monoisotopic (exact) mass is 493 g/mol. The van der Waals surface area contributed by atoms with Gasteiger partial charge in [-0.25, -0.2) is 4.68 Å². The van der Waals surface area contributed by atoms with Gasteiger partial charge >= 0.3 is 0 Å². The molecule has 35 heavy (non-hydrogen) atoms. The molecule has 2 heterocycles. The zero-order valence-electron chi connectivity index (χ0n) is 21.1. The van der Waals surface area contributed by atoms with Gasteiger partial charge < -0.3 is 10.2 Å². The van der Waals surface area contributed by atoms with Crippen LogP contribution in [0.25, 0.3) is 0 Å². The summed E-state index contributed by atoms with van der Waals surface area (Å²) in [6, 6.07) is 17.0. The highest BCUT2D eigenvalue weighted by Crippen LogP contribution is 2.21. The number of carbonyl (C=O) groups excluding carboxylic acids is 1. The van der Waals surface area contributed by atoms with Crippen LogP contribution in [0, 0.1) is 20.8 Å². The molecule has 1 N–H and O–H groups in total. The van der Waals surface area contributed by atoms with E-state index in [2.05, 4.69) is 82.6 Å². The maximum Gasteiger partial charge on any atom is 0.256 e. The molecule has 3 aromatic rings. The molecule has 7 heteroatoms. The van der Waals surface area contributed by atoms with Crippen molar-refractivity contribution in [1.82, 2.24) is 20.0 Å². The third kappa shape index (κ3) is 6.65. The topological polar surface area (TPSA) is 53.4 Å². The molecule has 1 amide bonds. The van der Waals surface area contributed by atoms with Gasteiger partial charge in [-0.3, -0.25) is 9.69 Å². The fourth-order valence-corrected chi connectivity index (χ4v) is 4.91.